The number of nitrogens with zero attached hydrogens (tertiary/aromatic N) is 2. The number of carbonyl (C=O) groups excluding carboxylic acids is 1. The van der Waals surface area contributed by atoms with Crippen LogP contribution in [0.3, 0.4) is 0 Å². The predicted molar refractivity (Wildman–Crippen MR) is 77.3 cm³/mol. The molecule has 1 aromatic heterocycles. The van der Waals surface area contributed by atoms with E-state index in [0.717, 1.165) is 25.1 Å². The number of benzene rings is 1. The van der Waals surface area contributed by atoms with Gasteiger partial charge in [0.05, 0.1) is 0 Å². The monoisotopic (exact) mass is 254 g/mol. The SMILES string of the molecule is CCCCN(C(=O)c1ccccn1)c1ccccc1. The van der Waals surface area contributed by atoms with Gasteiger partial charge < -0.3 is 4.90 Å². The van der Waals surface area contributed by atoms with Gasteiger partial charge in [0.2, 0.25) is 0 Å². The molecule has 0 bridgehead atoms. The Hall–Kier alpha value is -2.16. The van der Waals surface area contributed by atoms with Gasteiger partial charge >= 0.3 is 0 Å². The molecule has 0 N–H and O–H groups in total. The molecular weight excluding hydrogens is 236 g/mol. The van der Waals surface area contributed by atoms with Gasteiger partial charge in [-0.05, 0) is 30.7 Å². The lowest BCUT2D eigenvalue weighted by Crippen LogP contribution is -2.32. The number of rotatable bonds is 5. The minimum absolute atomic E-state index is 0.0414. The minimum Gasteiger partial charge on any atom is -0.307 e. The fraction of sp³-hybridized carbons (Fsp3) is 0.250. The van der Waals surface area contributed by atoms with Crippen LogP contribution in [0.1, 0.15) is 30.3 Å². The zero-order chi connectivity index (χ0) is 13.5. The molecule has 0 unspecified atom stereocenters. The van der Waals surface area contributed by atoms with Gasteiger partial charge in [-0.2, -0.15) is 0 Å². The summed E-state index contributed by atoms with van der Waals surface area (Å²) in [6.45, 7) is 2.84. The molecule has 0 saturated carbocycles. The first-order valence-corrected chi connectivity index (χ1v) is 6.61. The van der Waals surface area contributed by atoms with Gasteiger partial charge in [0.25, 0.3) is 5.91 Å². The Labute approximate surface area is 113 Å². The fourth-order valence-electron chi connectivity index (χ4n) is 1.90. The average molecular weight is 254 g/mol. The second kappa shape index (κ2) is 6.69. The molecule has 3 heteroatoms. The van der Waals surface area contributed by atoms with Crippen LogP contribution >= 0.6 is 0 Å². The molecule has 0 fully saturated rings. The van der Waals surface area contributed by atoms with Crippen LogP contribution < -0.4 is 4.90 Å². The molecule has 0 spiro atoms. The molecule has 0 atom stereocenters. The molecule has 1 aromatic carbocycles. The summed E-state index contributed by atoms with van der Waals surface area (Å²) in [6.07, 6.45) is 3.68. The van der Waals surface area contributed by atoms with Gasteiger partial charge in [-0.25, -0.2) is 0 Å². The van der Waals surface area contributed by atoms with Gasteiger partial charge in [-0.3, -0.25) is 9.78 Å². The molecule has 0 aliphatic heterocycles. The maximum atomic E-state index is 12.5. The topological polar surface area (TPSA) is 33.2 Å². The van der Waals surface area contributed by atoms with Gasteiger partial charge in [-0.15, -0.1) is 0 Å². The standard InChI is InChI=1S/C16H18N2O/c1-2-3-13-18(14-9-5-4-6-10-14)16(19)15-11-7-8-12-17-15/h4-12H,2-3,13H2,1H3. The van der Waals surface area contributed by atoms with Crippen molar-refractivity contribution in [2.75, 3.05) is 11.4 Å². The quantitative estimate of drug-likeness (QED) is 0.817. The van der Waals surface area contributed by atoms with Gasteiger partial charge in [0, 0.05) is 18.4 Å². The molecule has 0 aliphatic rings. The Morgan fingerprint density at radius 1 is 1.11 bits per heavy atom. The van der Waals surface area contributed by atoms with Crippen molar-refractivity contribution < 1.29 is 4.79 Å². The molecule has 98 valence electrons. The first-order valence-electron chi connectivity index (χ1n) is 6.61. The number of unbranched alkanes of at least 4 members (excludes halogenated alkanes) is 1. The summed E-state index contributed by atoms with van der Waals surface area (Å²) in [6, 6.07) is 15.2. The number of amides is 1. The van der Waals surface area contributed by atoms with Crippen LogP contribution in [0.4, 0.5) is 5.69 Å². The molecule has 0 radical (unpaired) electrons. The highest BCUT2D eigenvalue weighted by Crippen LogP contribution is 2.16. The van der Waals surface area contributed by atoms with E-state index in [2.05, 4.69) is 11.9 Å². The third-order valence-electron chi connectivity index (χ3n) is 2.93. The van der Waals surface area contributed by atoms with Crippen LogP contribution in [-0.4, -0.2) is 17.4 Å². The zero-order valence-corrected chi connectivity index (χ0v) is 11.1. The van der Waals surface area contributed by atoms with Gasteiger partial charge in [-0.1, -0.05) is 37.6 Å². The van der Waals surface area contributed by atoms with Crippen LogP contribution in [-0.2, 0) is 0 Å². The van der Waals surface area contributed by atoms with E-state index >= 15 is 0 Å². The zero-order valence-electron chi connectivity index (χ0n) is 11.1. The van der Waals surface area contributed by atoms with Gasteiger partial charge in [0.1, 0.15) is 5.69 Å². The highest BCUT2D eigenvalue weighted by Gasteiger charge is 2.17. The van der Waals surface area contributed by atoms with E-state index in [1.165, 1.54) is 0 Å². The highest BCUT2D eigenvalue weighted by molar-refractivity contribution is 6.04. The smallest absolute Gasteiger partial charge is 0.276 e. The number of para-hydroxylation sites is 1. The molecule has 1 amide bonds. The van der Waals surface area contributed by atoms with Crippen LogP contribution in [0, 0.1) is 0 Å². The Kier molecular flexibility index (Phi) is 4.67. The first-order chi connectivity index (χ1) is 9.33. The van der Waals surface area contributed by atoms with Crippen molar-refractivity contribution in [3.05, 3.63) is 60.4 Å². The lowest BCUT2D eigenvalue weighted by Gasteiger charge is -2.22. The number of anilines is 1. The summed E-state index contributed by atoms with van der Waals surface area (Å²) in [7, 11) is 0. The second-order valence-electron chi connectivity index (χ2n) is 4.36. The molecule has 0 saturated heterocycles. The molecule has 1 heterocycles. The van der Waals surface area contributed by atoms with E-state index in [-0.39, 0.29) is 5.91 Å². The van der Waals surface area contributed by atoms with Crippen molar-refractivity contribution in [2.45, 2.75) is 19.8 Å². The van der Waals surface area contributed by atoms with E-state index in [1.807, 2.05) is 42.5 Å². The molecule has 0 aliphatic carbocycles. The molecule has 2 rings (SSSR count). The van der Waals surface area contributed by atoms with Crippen molar-refractivity contribution in [2.24, 2.45) is 0 Å². The third-order valence-corrected chi connectivity index (χ3v) is 2.93. The lowest BCUT2D eigenvalue weighted by molar-refractivity contribution is 0.0982. The van der Waals surface area contributed by atoms with Crippen molar-refractivity contribution in [1.82, 2.24) is 4.98 Å². The summed E-state index contributed by atoms with van der Waals surface area (Å²) in [5.74, 6) is -0.0414. The van der Waals surface area contributed by atoms with Crippen molar-refractivity contribution >= 4 is 11.6 Å². The largest absolute Gasteiger partial charge is 0.307 e. The number of hydrogen-bond acceptors (Lipinski definition) is 2. The van der Waals surface area contributed by atoms with Crippen molar-refractivity contribution in [3.63, 3.8) is 0 Å². The lowest BCUT2D eigenvalue weighted by atomic mass is 10.2. The normalized spacial score (nSPS) is 10.2. The summed E-state index contributed by atoms with van der Waals surface area (Å²) < 4.78 is 0. The minimum atomic E-state index is -0.0414. The van der Waals surface area contributed by atoms with E-state index in [0.29, 0.717) is 5.69 Å². The summed E-state index contributed by atoms with van der Waals surface area (Å²) >= 11 is 0. The maximum Gasteiger partial charge on any atom is 0.276 e. The van der Waals surface area contributed by atoms with E-state index in [9.17, 15) is 4.79 Å². The second-order valence-corrected chi connectivity index (χ2v) is 4.36. The van der Waals surface area contributed by atoms with Crippen LogP contribution in [0.5, 0.6) is 0 Å². The summed E-state index contributed by atoms with van der Waals surface area (Å²) in [5.41, 5.74) is 1.41. The number of hydrogen-bond donors (Lipinski definition) is 0. The molecule has 2 aromatic rings. The Morgan fingerprint density at radius 3 is 2.47 bits per heavy atom. The van der Waals surface area contributed by atoms with Crippen LogP contribution in [0.15, 0.2) is 54.7 Å². The van der Waals surface area contributed by atoms with Crippen LogP contribution in [0.25, 0.3) is 0 Å². The third kappa shape index (κ3) is 3.41. The molecular formula is C16H18N2O. The Morgan fingerprint density at radius 2 is 1.84 bits per heavy atom. The van der Waals surface area contributed by atoms with Gasteiger partial charge in [0.15, 0.2) is 0 Å². The van der Waals surface area contributed by atoms with Crippen LogP contribution in [0.2, 0.25) is 0 Å². The Balaban J connectivity index is 2.25. The van der Waals surface area contributed by atoms with Crippen molar-refractivity contribution in [3.8, 4) is 0 Å². The molecule has 3 nitrogen and oxygen atoms in total. The molecule has 19 heavy (non-hydrogen) atoms. The number of carbonyl (C=O) groups is 1. The first kappa shape index (κ1) is 13.3. The summed E-state index contributed by atoms with van der Waals surface area (Å²) in [5, 5.41) is 0. The number of aromatic nitrogens is 1. The van der Waals surface area contributed by atoms with E-state index in [1.54, 1.807) is 17.2 Å². The Bertz CT molecular complexity index is 511. The highest BCUT2D eigenvalue weighted by atomic mass is 16.2. The van der Waals surface area contributed by atoms with E-state index in [4.69, 9.17) is 0 Å². The average Bonchev–Trinajstić information content (AvgIpc) is 2.49. The predicted octanol–water partition coefficient (Wildman–Crippen LogP) is 3.53. The van der Waals surface area contributed by atoms with E-state index < -0.39 is 0 Å². The summed E-state index contributed by atoms with van der Waals surface area (Å²) in [4.78, 5) is 18.5. The maximum absolute atomic E-state index is 12.5. The van der Waals surface area contributed by atoms with Crippen molar-refractivity contribution in [1.29, 1.82) is 0 Å². The fourth-order valence-corrected chi connectivity index (χ4v) is 1.90. The number of pyridine rings is 1.